The van der Waals surface area contributed by atoms with Crippen molar-refractivity contribution in [2.45, 2.75) is 25.8 Å². The van der Waals surface area contributed by atoms with Gasteiger partial charge in [-0.05, 0) is 24.1 Å². The molecule has 1 unspecified atom stereocenters. The zero-order chi connectivity index (χ0) is 13.0. The van der Waals surface area contributed by atoms with Gasteiger partial charge in [-0.15, -0.1) is 0 Å². The number of nitrogens with one attached hydrogen (secondary N) is 1. The molecule has 0 radical (unpaired) electrons. The maximum atomic E-state index is 12.2. The van der Waals surface area contributed by atoms with Gasteiger partial charge in [0.1, 0.15) is 6.04 Å². The van der Waals surface area contributed by atoms with E-state index < -0.39 is 0 Å². The van der Waals surface area contributed by atoms with Gasteiger partial charge in [0, 0.05) is 25.5 Å². The number of pyridine rings is 1. The van der Waals surface area contributed by atoms with Gasteiger partial charge in [-0.2, -0.15) is 0 Å². The maximum absolute atomic E-state index is 12.2. The van der Waals surface area contributed by atoms with Gasteiger partial charge < -0.3 is 10.2 Å². The fourth-order valence-electron chi connectivity index (χ4n) is 2.20. The molecule has 1 saturated heterocycles. The van der Waals surface area contributed by atoms with Crippen LogP contribution < -0.4 is 5.32 Å². The minimum atomic E-state index is -0.326. The minimum Gasteiger partial charge on any atom is -0.353 e. The van der Waals surface area contributed by atoms with Gasteiger partial charge >= 0.3 is 0 Å². The second kappa shape index (κ2) is 5.62. The van der Waals surface area contributed by atoms with Crippen molar-refractivity contribution in [3.8, 4) is 0 Å². The first-order valence-electron chi connectivity index (χ1n) is 6.18. The van der Waals surface area contributed by atoms with E-state index in [9.17, 15) is 9.59 Å². The van der Waals surface area contributed by atoms with Gasteiger partial charge in [0.25, 0.3) is 0 Å². The maximum Gasteiger partial charge on any atom is 0.242 e. The van der Waals surface area contributed by atoms with Crippen molar-refractivity contribution >= 4 is 11.8 Å². The van der Waals surface area contributed by atoms with E-state index in [0.29, 0.717) is 25.9 Å². The highest BCUT2D eigenvalue weighted by molar-refractivity contribution is 5.89. The summed E-state index contributed by atoms with van der Waals surface area (Å²) in [7, 11) is 0. The summed E-state index contributed by atoms with van der Waals surface area (Å²) in [6.07, 6.45) is 4.31. The molecule has 0 aromatic carbocycles. The molecule has 0 aliphatic carbocycles. The predicted octanol–water partition coefficient (Wildman–Crippen LogP) is 0.361. The third-order valence-corrected chi connectivity index (χ3v) is 3.14. The summed E-state index contributed by atoms with van der Waals surface area (Å²) in [4.78, 5) is 29.5. The van der Waals surface area contributed by atoms with Gasteiger partial charge in [0.2, 0.25) is 11.8 Å². The topological polar surface area (TPSA) is 62.3 Å². The van der Waals surface area contributed by atoms with E-state index in [4.69, 9.17) is 0 Å². The average molecular weight is 247 g/mol. The molecule has 2 amide bonds. The molecule has 5 heteroatoms. The SMILES string of the molecule is CCC1C(=O)NCCN1C(=O)Cc1ccncc1. The first-order chi connectivity index (χ1) is 8.72. The van der Waals surface area contributed by atoms with E-state index >= 15 is 0 Å². The van der Waals surface area contributed by atoms with Gasteiger partial charge in [-0.25, -0.2) is 0 Å². The third-order valence-electron chi connectivity index (χ3n) is 3.14. The fraction of sp³-hybridized carbons (Fsp3) is 0.462. The zero-order valence-corrected chi connectivity index (χ0v) is 10.4. The van der Waals surface area contributed by atoms with Crippen LogP contribution in [-0.2, 0) is 16.0 Å². The van der Waals surface area contributed by atoms with Gasteiger partial charge in [-0.3, -0.25) is 14.6 Å². The Morgan fingerprint density at radius 2 is 2.22 bits per heavy atom. The van der Waals surface area contributed by atoms with Crippen LogP contribution in [0.2, 0.25) is 0 Å². The number of amides is 2. The highest BCUT2D eigenvalue weighted by Crippen LogP contribution is 2.11. The summed E-state index contributed by atoms with van der Waals surface area (Å²) < 4.78 is 0. The predicted molar refractivity (Wildman–Crippen MR) is 66.7 cm³/mol. The molecule has 5 nitrogen and oxygen atoms in total. The lowest BCUT2D eigenvalue weighted by Gasteiger charge is -2.34. The summed E-state index contributed by atoms with van der Waals surface area (Å²) >= 11 is 0. The van der Waals surface area contributed by atoms with Crippen LogP contribution in [0.5, 0.6) is 0 Å². The highest BCUT2D eigenvalue weighted by atomic mass is 16.2. The average Bonchev–Trinajstić information content (AvgIpc) is 2.39. The second-order valence-corrected chi connectivity index (χ2v) is 4.33. The molecule has 2 heterocycles. The number of hydrogen-bond acceptors (Lipinski definition) is 3. The molecule has 96 valence electrons. The third kappa shape index (κ3) is 2.67. The lowest BCUT2D eigenvalue weighted by molar-refractivity contribution is -0.142. The zero-order valence-electron chi connectivity index (χ0n) is 10.4. The Bertz CT molecular complexity index is 433. The molecule has 0 bridgehead atoms. The van der Waals surface area contributed by atoms with Crippen molar-refractivity contribution in [2.24, 2.45) is 0 Å². The van der Waals surface area contributed by atoms with Crippen LogP contribution in [0.4, 0.5) is 0 Å². The van der Waals surface area contributed by atoms with Crippen LogP contribution in [0, 0.1) is 0 Å². The Kier molecular flexibility index (Phi) is 3.92. The van der Waals surface area contributed by atoms with Crippen molar-refractivity contribution in [3.63, 3.8) is 0 Å². The summed E-state index contributed by atoms with van der Waals surface area (Å²) in [5, 5.41) is 2.79. The molecule has 1 aromatic rings. The van der Waals surface area contributed by atoms with Gasteiger partial charge in [0.05, 0.1) is 6.42 Å². The Balaban J connectivity index is 2.05. The lowest BCUT2D eigenvalue weighted by atomic mass is 10.1. The summed E-state index contributed by atoms with van der Waals surface area (Å²) in [6.45, 7) is 3.05. The van der Waals surface area contributed by atoms with Crippen molar-refractivity contribution < 1.29 is 9.59 Å². The van der Waals surface area contributed by atoms with E-state index in [1.54, 1.807) is 17.3 Å². The molecule has 1 N–H and O–H groups in total. The Hall–Kier alpha value is -1.91. The van der Waals surface area contributed by atoms with Crippen LogP contribution >= 0.6 is 0 Å². The van der Waals surface area contributed by atoms with E-state index in [1.807, 2.05) is 19.1 Å². The molecule has 1 aromatic heterocycles. The van der Waals surface area contributed by atoms with Gasteiger partial charge in [-0.1, -0.05) is 6.92 Å². The van der Waals surface area contributed by atoms with Gasteiger partial charge in [0.15, 0.2) is 0 Å². The number of carbonyl (C=O) groups is 2. The van der Waals surface area contributed by atoms with E-state index in [1.165, 1.54) is 0 Å². The van der Waals surface area contributed by atoms with Crippen molar-refractivity contribution in [1.82, 2.24) is 15.2 Å². The Morgan fingerprint density at radius 1 is 1.50 bits per heavy atom. The lowest BCUT2D eigenvalue weighted by Crippen LogP contribution is -2.57. The Labute approximate surface area is 106 Å². The van der Waals surface area contributed by atoms with Crippen LogP contribution in [0.25, 0.3) is 0 Å². The monoisotopic (exact) mass is 247 g/mol. The first kappa shape index (κ1) is 12.5. The number of aromatic nitrogens is 1. The molecular formula is C13H17N3O2. The van der Waals surface area contributed by atoms with Crippen molar-refractivity contribution in [1.29, 1.82) is 0 Å². The summed E-state index contributed by atoms with van der Waals surface area (Å²) in [5.74, 6) is -0.0465. The number of carbonyl (C=O) groups excluding carboxylic acids is 2. The number of rotatable bonds is 3. The van der Waals surface area contributed by atoms with Crippen LogP contribution in [0.1, 0.15) is 18.9 Å². The molecule has 2 rings (SSSR count). The smallest absolute Gasteiger partial charge is 0.242 e. The fourth-order valence-corrected chi connectivity index (χ4v) is 2.20. The summed E-state index contributed by atoms with van der Waals surface area (Å²) in [6, 6.07) is 3.32. The highest BCUT2D eigenvalue weighted by Gasteiger charge is 2.31. The van der Waals surface area contributed by atoms with Crippen LogP contribution in [0.3, 0.4) is 0 Å². The van der Waals surface area contributed by atoms with Crippen molar-refractivity contribution in [2.75, 3.05) is 13.1 Å². The van der Waals surface area contributed by atoms with E-state index in [-0.39, 0.29) is 17.9 Å². The van der Waals surface area contributed by atoms with Crippen LogP contribution in [0.15, 0.2) is 24.5 Å². The molecule has 1 fully saturated rings. The number of nitrogens with zero attached hydrogens (tertiary/aromatic N) is 2. The Morgan fingerprint density at radius 3 is 2.89 bits per heavy atom. The van der Waals surface area contributed by atoms with E-state index in [0.717, 1.165) is 5.56 Å². The quantitative estimate of drug-likeness (QED) is 0.839. The molecule has 0 spiro atoms. The standard InChI is InChI=1S/C13H17N3O2/c1-2-11-13(18)15-7-8-16(11)12(17)9-10-3-5-14-6-4-10/h3-6,11H,2,7-9H2,1H3,(H,15,18). The molecule has 1 aliphatic heterocycles. The normalized spacial score (nSPS) is 19.5. The largest absolute Gasteiger partial charge is 0.353 e. The van der Waals surface area contributed by atoms with Crippen molar-refractivity contribution in [3.05, 3.63) is 30.1 Å². The molecule has 0 saturated carbocycles. The minimum absolute atomic E-state index is 0.00269. The molecular weight excluding hydrogens is 230 g/mol. The summed E-state index contributed by atoms with van der Waals surface area (Å²) in [5.41, 5.74) is 0.927. The van der Waals surface area contributed by atoms with Crippen LogP contribution in [-0.4, -0.2) is 40.8 Å². The van der Waals surface area contributed by atoms with E-state index in [2.05, 4.69) is 10.3 Å². The molecule has 18 heavy (non-hydrogen) atoms. The number of hydrogen-bond donors (Lipinski definition) is 1. The second-order valence-electron chi connectivity index (χ2n) is 4.33. The molecule has 1 aliphatic rings. The first-order valence-corrected chi connectivity index (χ1v) is 6.18. The molecule has 1 atom stereocenters. The number of piperazine rings is 1.